The number of nitrogens with zero attached hydrogens (tertiary/aromatic N) is 3. The lowest BCUT2D eigenvalue weighted by Gasteiger charge is -2.30. The number of aryl methyl sites for hydroxylation is 1. The van der Waals surface area contributed by atoms with Gasteiger partial charge in [0.25, 0.3) is 0 Å². The molecular weight excluding hydrogens is 224 g/mol. The van der Waals surface area contributed by atoms with Gasteiger partial charge in [0.1, 0.15) is 0 Å². The molecule has 0 aliphatic heterocycles. The molecule has 102 valence electrons. The van der Waals surface area contributed by atoms with E-state index in [1.807, 2.05) is 17.9 Å². The average Bonchev–Trinajstić information content (AvgIpc) is 3.00. The Morgan fingerprint density at radius 3 is 2.78 bits per heavy atom. The molecule has 4 nitrogen and oxygen atoms in total. The molecule has 0 aromatic carbocycles. The fourth-order valence-electron chi connectivity index (χ4n) is 2.42. The van der Waals surface area contributed by atoms with Gasteiger partial charge in [-0.1, -0.05) is 13.8 Å². The van der Waals surface area contributed by atoms with Crippen LogP contribution in [0.3, 0.4) is 0 Å². The van der Waals surface area contributed by atoms with Gasteiger partial charge in [0.05, 0.1) is 6.20 Å². The van der Waals surface area contributed by atoms with Crippen LogP contribution < -0.4 is 5.32 Å². The van der Waals surface area contributed by atoms with Gasteiger partial charge in [-0.3, -0.25) is 4.68 Å². The molecule has 1 heterocycles. The summed E-state index contributed by atoms with van der Waals surface area (Å²) in [7, 11) is 4.15. The van der Waals surface area contributed by atoms with Gasteiger partial charge >= 0.3 is 0 Å². The summed E-state index contributed by atoms with van der Waals surface area (Å²) < 4.78 is 1.86. The van der Waals surface area contributed by atoms with Crippen LogP contribution in [0.1, 0.15) is 32.3 Å². The largest absolute Gasteiger partial charge is 0.313 e. The molecule has 1 aromatic rings. The van der Waals surface area contributed by atoms with Crippen LogP contribution in [0.5, 0.6) is 0 Å². The normalized spacial score (nSPS) is 16.5. The zero-order valence-electron chi connectivity index (χ0n) is 12.1. The van der Waals surface area contributed by atoms with Crippen molar-refractivity contribution in [2.24, 2.45) is 12.5 Å². The van der Waals surface area contributed by atoms with Gasteiger partial charge in [-0.2, -0.15) is 5.10 Å². The highest BCUT2D eigenvalue weighted by Gasteiger charge is 2.26. The fourth-order valence-corrected chi connectivity index (χ4v) is 2.42. The number of hydrogen-bond donors (Lipinski definition) is 1. The third-order valence-electron chi connectivity index (χ3n) is 3.36. The Morgan fingerprint density at radius 1 is 1.50 bits per heavy atom. The van der Waals surface area contributed by atoms with Crippen molar-refractivity contribution in [3.8, 4) is 0 Å². The number of nitrogens with one attached hydrogen (secondary N) is 1. The van der Waals surface area contributed by atoms with E-state index in [1.54, 1.807) is 0 Å². The zero-order chi connectivity index (χ0) is 13.2. The first-order chi connectivity index (χ1) is 8.44. The van der Waals surface area contributed by atoms with Crippen molar-refractivity contribution in [2.75, 3.05) is 20.1 Å². The van der Waals surface area contributed by atoms with Gasteiger partial charge in [0.15, 0.2) is 0 Å². The number of aromatic nitrogens is 2. The molecule has 1 aromatic heterocycles. The summed E-state index contributed by atoms with van der Waals surface area (Å²) in [5.74, 6) is 0. The molecule has 0 bridgehead atoms. The second-order valence-electron chi connectivity index (χ2n) is 6.51. The first-order valence-electron chi connectivity index (χ1n) is 6.84. The van der Waals surface area contributed by atoms with Crippen molar-refractivity contribution in [1.29, 1.82) is 0 Å². The van der Waals surface area contributed by atoms with E-state index >= 15 is 0 Å². The van der Waals surface area contributed by atoms with Gasteiger partial charge in [-0.25, -0.2) is 0 Å². The van der Waals surface area contributed by atoms with E-state index in [-0.39, 0.29) is 0 Å². The summed E-state index contributed by atoms with van der Waals surface area (Å²) in [5.41, 5.74) is 1.60. The molecule has 0 atom stereocenters. The summed E-state index contributed by atoms with van der Waals surface area (Å²) in [5, 5.41) is 7.84. The molecule has 0 radical (unpaired) electrons. The van der Waals surface area contributed by atoms with Crippen molar-refractivity contribution >= 4 is 0 Å². The van der Waals surface area contributed by atoms with Crippen LogP contribution in [-0.2, 0) is 13.6 Å². The second-order valence-corrected chi connectivity index (χ2v) is 6.51. The molecule has 4 heteroatoms. The van der Waals surface area contributed by atoms with Crippen LogP contribution in [0.25, 0.3) is 0 Å². The summed E-state index contributed by atoms with van der Waals surface area (Å²) in [6, 6.07) is 0.799. The Balaban J connectivity index is 1.75. The minimum atomic E-state index is 0.319. The van der Waals surface area contributed by atoms with E-state index in [4.69, 9.17) is 0 Å². The van der Waals surface area contributed by atoms with Gasteiger partial charge in [-0.05, 0) is 25.3 Å². The zero-order valence-corrected chi connectivity index (χ0v) is 12.1. The Labute approximate surface area is 110 Å². The molecule has 0 amide bonds. The molecule has 1 saturated carbocycles. The molecule has 2 rings (SSSR count). The van der Waals surface area contributed by atoms with Crippen molar-refractivity contribution in [1.82, 2.24) is 20.0 Å². The molecule has 0 unspecified atom stereocenters. The van der Waals surface area contributed by atoms with Crippen molar-refractivity contribution in [3.63, 3.8) is 0 Å². The molecule has 18 heavy (non-hydrogen) atoms. The number of hydrogen-bond acceptors (Lipinski definition) is 3. The maximum atomic E-state index is 4.21. The third kappa shape index (κ3) is 4.42. The molecule has 0 spiro atoms. The minimum Gasteiger partial charge on any atom is -0.313 e. The predicted molar refractivity (Wildman–Crippen MR) is 74.3 cm³/mol. The summed E-state index contributed by atoms with van der Waals surface area (Å²) in [4.78, 5) is 2.38. The predicted octanol–water partition coefficient (Wildman–Crippen LogP) is 1.63. The molecule has 1 fully saturated rings. The lowest BCUT2D eigenvalue weighted by atomic mass is 9.92. The fraction of sp³-hybridized carbons (Fsp3) is 0.786. The lowest BCUT2D eigenvalue weighted by molar-refractivity contribution is 0.198. The Kier molecular flexibility index (Phi) is 4.07. The average molecular weight is 250 g/mol. The van der Waals surface area contributed by atoms with Crippen LogP contribution in [0.2, 0.25) is 0 Å². The Morgan fingerprint density at radius 2 is 2.22 bits per heavy atom. The van der Waals surface area contributed by atoms with Crippen LogP contribution in [0, 0.1) is 5.41 Å². The van der Waals surface area contributed by atoms with Crippen LogP contribution in [0.15, 0.2) is 12.4 Å². The number of rotatable bonds is 7. The van der Waals surface area contributed by atoms with E-state index in [0.717, 1.165) is 25.7 Å². The molecule has 0 saturated heterocycles. The van der Waals surface area contributed by atoms with E-state index < -0.39 is 0 Å². The highest BCUT2D eigenvalue weighted by Crippen LogP contribution is 2.22. The molecule has 1 aliphatic carbocycles. The highest BCUT2D eigenvalue weighted by molar-refractivity contribution is 5.03. The van der Waals surface area contributed by atoms with E-state index in [2.05, 4.69) is 42.4 Å². The van der Waals surface area contributed by atoms with Crippen LogP contribution in [-0.4, -0.2) is 40.9 Å². The lowest BCUT2D eigenvalue weighted by Crippen LogP contribution is -2.39. The highest BCUT2D eigenvalue weighted by atomic mass is 15.2. The molecule has 1 aliphatic rings. The molecule has 1 N–H and O–H groups in total. The van der Waals surface area contributed by atoms with E-state index in [0.29, 0.717) is 5.41 Å². The molecular formula is C14H26N4. The quantitative estimate of drug-likeness (QED) is 0.798. The van der Waals surface area contributed by atoms with Crippen molar-refractivity contribution in [3.05, 3.63) is 18.0 Å². The monoisotopic (exact) mass is 250 g/mol. The standard InChI is InChI=1S/C14H26N4/c1-14(2,10-15-13-5-6-13)11-17(3)8-12-7-16-18(4)9-12/h7,9,13,15H,5-6,8,10-11H2,1-4H3. The van der Waals surface area contributed by atoms with Gasteiger partial charge in [0, 0.05) is 44.5 Å². The first kappa shape index (κ1) is 13.6. The van der Waals surface area contributed by atoms with E-state index in [1.165, 1.54) is 18.4 Å². The van der Waals surface area contributed by atoms with Crippen LogP contribution in [0.4, 0.5) is 0 Å². The SMILES string of the molecule is CN(Cc1cnn(C)c1)CC(C)(C)CNC1CC1. The Hall–Kier alpha value is -0.870. The minimum absolute atomic E-state index is 0.319. The first-order valence-corrected chi connectivity index (χ1v) is 6.84. The van der Waals surface area contributed by atoms with Gasteiger partial charge in [0.2, 0.25) is 0 Å². The third-order valence-corrected chi connectivity index (χ3v) is 3.36. The maximum absolute atomic E-state index is 4.21. The maximum Gasteiger partial charge on any atom is 0.0534 e. The smallest absolute Gasteiger partial charge is 0.0534 e. The summed E-state index contributed by atoms with van der Waals surface area (Å²) >= 11 is 0. The van der Waals surface area contributed by atoms with E-state index in [9.17, 15) is 0 Å². The van der Waals surface area contributed by atoms with Gasteiger partial charge in [-0.15, -0.1) is 0 Å². The van der Waals surface area contributed by atoms with Crippen molar-refractivity contribution < 1.29 is 0 Å². The topological polar surface area (TPSA) is 33.1 Å². The summed E-state index contributed by atoms with van der Waals surface area (Å²) in [6.45, 7) is 7.85. The van der Waals surface area contributed by atoms with Gasteiger partial charge < -0.3 is 10.2 Å². The Bertz CT molecular complexity index is 379. The van der Waals surface area contributed by atoms with Crippen LogP contribution >= 0.6 is 0 Å². The summed E-state index contributed by atoms with van der Waals surface area (Å²) in [6.07, 6.45) is 6.76. The second kappa shape index (κ2) is 5.41. The van der Waals surface area contributed by atoms with Crippen molar-refractivity contribution in [2.45, 2.75) is 39.3 Å².